The second-order valence-electron chi connectivity index (χ2n) is 4.61. The molecular weight excluding hydrogens is 226 g/mol. The number of amides is 1. The number of carbonyl (C=O) groups is 1. The lowest BCUT2D eigenvalue weighted by Gasteiger charge is -2.16. The first kappa shape index (κ1) is 11.0. The lowest BCUT2D eigenvalue weighted by molar-refractivity contribution is 0.0790. The van der Waals surface area contributed by atoms with Crippen LogP contribution in [0.5, 0.6) is 0 Å². The smallest absolute Gasteiger partial charge is 0.253 e. The molecule has 92 valence electrons. The molecule has 0 saturated carbocycles. The van der Waals surface area contributed by atoms with E-state index in [2.05, 4.69) is 10.2 Å². The molecule has 1 aromatic heterocycles. The van der Waals surface area contributed by atoms with Crippen LogP contribution in [0.15, 0.2) is 42.6 Å². The third kappa shape index (κ3) is 2.01. The summed E-state index contributed by atoms with van der Waals surface area (Å²) < 4.78 is 0. The number of aromatic amines is 1. The van der Waals surface area contributed by atoms with Crippen LogP contribution >= 0.6 is 0 Å². The van der Waals surface area contributed by atoms with Crippen LogP contribution in [0.3, 0.4) is 0 Å². The van der Waals surface area contributed by atoms with Crippen molar-refractivity contribution in [1.82, 2.24) is 15.1 Å². The summed E-state index contributed by atoms with van der Waals surface area (Å²) in [5, 5.41) is 6.96. The molecule has 0 bridgehead atoms. The molecule has 18 heavy (non-hydrogen) atoms. The van der Waals surface area contributed by atoms with Crippen LogP contribution in [0, 0.1) is 0 Å². The van der Waals surface area contributed by atoms with E-state index in [0.29, 0.717) is 5.92 Å². The Balaban J connectivity index is 1.71. The molecule has 1 atom stereocenters. The Kier molecular flexibility index (Phi) is 2.84. The van der Waals surface area contributed by atoms with E-state index in [-0.39, 0.29) is 5.91 Å². The van der Waals surface area contributed by atoms with Crippen molar-refractivity contribution >= 4 is 5.91 Å². The van der Waals surface area contributed by atoms with Gasteiger partial charge in [0.05, 0.1) is 0 Å². The molecule has 2 heterocycles. The second kappa shape index (κ2) is 4.64. The molecule has 4 heteroatoms. The van der Waals surface area contributed by atoms with E-state index in [1.54, 1.807) is 6.20 Å². The first-order valence-corrected chi connectivity index (χ1v) is 6.18. The van der Waals surface area contributed by atoms with Gasteiger partial charge in [0, 0.05) is 36.5 Å². The molecule has 2 aromatic rings. The number of nitrogens with zero attached hydrogens (tertiary/aromatic N) is 2. The van der Waals surface area contributed by atoms with E-state index in [1.165, 1.54) is 0 Å². The van der Waals surface area contributed by atoms with E-state index < -0.39 is 0 Å². The second-order valence-corrected chi connectivity index (χ2v) is 4.61. The van der Waals surface area contributed by atoms with Gasteiger partial charge in [0.1, 0.15) is 0 Å². The predicted octanol–water partition coefficient (Wildman–Crippen LogP) is 2.04. The van der Waals surface area contributed by atoms with Gasteiger partial charge < -0.3 is 4.90 Å². The quantitative estimate of drug-likeness (QED) is 0.874. The number of hydrogen-bond donors (Lipinski definition) is 1. The number of nitrogens with one attached hydrogen (secondary N) is 1. The van der Waals surface area contributed by atoms with E-state index in [9.17, 15) is 4.79 Å². The van der Waals surface area contributed by atoms with Crippen molar-refractivity contribution in [3.8, 4) is 0 Å². The highest BCUT2D eigenvalue weighted by Gasteiger charge is 2.28. The van der Waals surface area contributed by atoms with Crippen LogP contribution in [-0.4, -0.2) is 34.1 Å². The highest BCUT2D eigenvalue weighted by Crippen LogP contribution is 2.26. The highest BCUT2D eigenvalue weighted by atomic mass is 16.2. The van der Waals surface area contributed by atoms with Gasteiger partial charge in [-0.25, -0.2) is 0 Å². The Morgan fingerprint density at radius 1 is 1.28 bits per heavy atom. The van der Waals surface area contributed by atoms with Gasteiger partial charge in [-0.15, -0.1) is 0 Å². The van der Waals surface area contributed by atoms with Crippen molar-refractivity contribution in [2.75, 3.05) is 13.1 Å². The summed E-state index contributed by atoms with van der Waals surface area (Å²) in [5.41, 5.74) is 1.89. The summed E-state index contributed by atoms with van der Waals surface area (Å²) >= 11 is 0. The minimum atomic E-state index is 0.123. The molecular formula is C14H15N3O. The Bertz CT molecular complexity index is 521. The summed E-state index contributed by atoms with van der Waals surface area (Å²) in [6.45, 7) is 1.59. The van der Waals surface area contributed by atoms with Gasteiger partial charge in [-0.3, -0.25) is 9.89 Å². The number of benzene rings is 1. The molecule has 0 spiro atoms. The van der Waals surface area contributed by atoms with E-state index >= 15 is 0 Å². The Hall–Kier alpha value is -2.10. The van der Waals surface area contributed by atoms with Gasteiger partial charge >= 0.3 is 0 Å². The number of aromatic nitrogens is 2. The summed E-state index contributed by atoms with van der Waals surface area (Å²) in [7, 11) is 0. The van der Waals surface area contributed by atoms with E-state index in [4.69, 9.17) is 0 Å². The molecule has 4 nitrogen and oxygen atoms in total. The third-order valence-corrected chi connectivity index (χ3v) is 3.46. The fraction of sp³-hybridized carbons (Fsp3) is 0.286. The highest BCUT2D eigenvalue weighted by molar-refractivity contribution is 5.94. The number of likely N-dealkylation sites (tertiary alicyclic amines) is 1. The zero-order valence-electron chi connectivity index (χ0n) is 10.0. The molecule has 1 N–H and O–H groups in total. The maximum Gasteiger partial charge on any atom is 0.253 e. The normalized spacial score (nSPS) is 19.1. The SMILES string of the molecule is O=C(c1ccccc1)N1CCC(c2ccn[nH]2)C1. The van der Waals surface area contributed by atoms with Crippen LogP contribution in [0.4, 0.5) is 0 Å². The first-order chi connectivity index (χ1) is 8.84. The van der Waals surface area contributed by atoms with Crippen molar-refractivity contribution in [2.45, 2.75) is 12.3 Å². The van der Waals surface area contributed by atoms with Gasteiger partial charge in [-0.05, 0) is 24.6 Å². The van der Waals surface area contributed by atoms with Gasteiger partial charge in [-0.1, -0.05) is 18.2 Å². The summed E-state index contributed by atoms with van der Waals surface area (Å²) in [6.07, 6.45) is 2.76. The van der Waals surface area contributed by atoms with Crippen LogP contribution in [-0.2, 0) is 0 Å². The fourth-order valence-electron chi connectivity index (χ4n) is 2.46. The zero-order chi connectivity index (χ0) is 12.4. The van der Waals surface area contributed by atoms with Crippen LogP contribution in [0.2, 0.25) is 0 Å². The van der Waals surface area contributed by atoms with Crippen molar-refractivity contribution in [1.29, 1.82) is 0 Å². The van der Waals surface area contributed by atoms with Crippen molar-refractivity contribution in [2.24, 2.45) is 0 Å². The lowest BCUT2D eigenvalue weighted by Crippen LogP contribution is -2.28. The van der Waals surface area contributed by atoms with Gasteiger partial charge in [-0.2, -0.15) is 5.10 Å². The van der Waals surface area contributed by atoms with Crippen molar-refractivity contribution in [3.63, 3.8) is 0 Å². The van der Waals surface area contributed by atoms with Crippen LogP contribution < -0.4 is 0 Å². The molecule has 1 aromatic carbocycles. The zero-order valence-corrected chi connectivity index (χ0v) is 10.0. The van der Waals surface area contributed by atoms with Gasteiger partial charge in [0.25, 0.3) is 5.91 Å². The fourth-order valence-corrected chi connectivity index (χ4v) is 2.46. The summed E-state index contributed by atoms with van der Waals surface area (Å²) in [4.78, 5) is 14.2. The van der Waals surface area contributed by atoms with Crippen molar-refractivity contribution < 1.29 is 4.79 Å². The standard InChI is InChI=1S/C14H15N3O/c18-14(11-4-2-1-3-5-11)17-9-7-12(10-17)13-6-8-15-16-13/h1-6,8,12H,7,9-10H2,(H,15,16). The monoisotopic (exact) mass is 241 g/mol. The maximum absolute atomic E-state index is 12.3. The Morgan fingerprint density at radius 3 is 2.83 bits per heavy atom. The summed E-state index contributed by atoms with van der Waals surface area (Å²) in [6, 6.07) is 11.4. The lowest BCUT2D eigenvalue weighted by atomic mass is 10.1. The Morgan fingerprint density at radius 2 is 2.11 bits per heavy atom. The minimum Gasteiger partial charge on any atom is -0.338 e. The molecule has 1 saturated heterocycles. The molecule has 1 fully saturated rings. The number of rotatable bonds is 2. The maximum atomic E-state index is 12.3. The van der Waals surface area contributed by atoms with Gasteiger partial charge in [0.15, 0.2) is 0 Å². The molecule has 1 amide bonds. The predicted molar refractivity (Wildman–Crippen MR) is 68.3 cm³/mol. The minimum absolute atomic E-state index is 0.123. The van der Waals surface area contributed by atoms with Gasteiger partial charge in [0.2, 0.25) is 0 Å². The number of hydrogen-bond acceptors (Lipinski definition) is 2. The topological polar surface area (TPSA) is 49.0 Å². The molecule has 0 aliphatic carbocycles. The van der Waals surface area contributed by atoms with Crippen molar-refractivity contribution in [3.05, 3.63) is 53.9 Å². The molecule has 1 aliphatic heterocycles. The van der Waals surface area contributed by atoms with Crippen LogP contribution in [0.1, 0.15) is 28.4 Å². The largest absolute Gasteiger partial charge is 0.338 e. The molecule has 1 aliphatic rings. The first-order valence-electron chi connectivity index (χ1n) is 6.18. The Labute approximate surface area is 106 Å². The van der Waals surface area contributed by atoms with E-state index in [1.807, 2.05) is 41.3 Å². The third-order valence-electron chi connectivity index (χ3n) is 3.46. The molecule has 1 unspecified atom stereocenters. The average molecular weight is 241 g/mol. The van der Waals surface area contributed by atoms with E-state index in [0.717, 1.165) is 30.8 Å². The van der Waals surface area contributed by atoms with Crippen LogP contribution in [0.25, 0.3) is 0 Å². The molecule has 0 radical (unpaired) electrons. The average Bonchev–Trinajstić information content (AvgIpc) is 3.09. The summed E-state index contributed by atoms with van der Waals surface area (Å²) in [5.74, 6) is 0.512. The molecule has 3 rings (SSSR count). The number of carbonyl (C=O) groups excluding carboxylic acids is 1. The number of H-pyrrole nitrogens is 1.